The van der Waals surface area contributed by atoms with Gasteiger partial charge in [0, 0.05) is 12.2 Å². The van der Waals surface area contributed by atoms with E-state index in [2.05, 4.69) is 0 Å². The van der Waals surface area contributed by atoms with Gasteiger partial charge in [-0.15, -0.1) is 0 Å². The van der Waals surface area contributed by atoms with Crippen molar-refractivity contribution in [2.75, 3.05) is 6.61 Å². The molecule has 1 fully saturated rings. The van der Waals surface area contributed by atoms with Crippen molar-refractivity contribution in [2.24, 2.45) is 5.92 Å². The molecule has 92 valence electrons. The Morgan fingerprint density at radius 2 is 2.24 bits per heavy atom. The lowest BCUT2D eigenvalue weighted by Crippen LogP contribution is -2.26. The smallest absolute Gasteiger partial charge is 0.191 e. The highest BCUT2D eigenvalue weighted by Gasteiger charge is 2.37. The molecule has 1 aromatic carbocycles. The van der Waals surface area contributed by atoms with Crippen molar-refractivity contribution in [1.82, 2.24) is 0 Å². The van der Waals surface area contributed by atoms with Gasteiger partial charge in [0.05, 0.1) is 0 Å². The number of ketones is 1. The van der Waals surface area contributed by atoms with E-state index < -0.39 is 0 Å². The topological polar surface area (TPSA) is 26.3 Å². The summed E-state index contributed by atoms with van der Waals surface area (Å²) in [5.74, 6) is 0.0613. The molecule has 2 rings (SSSR count). The zero-order chi connectivity index (χ0) is 12.4. The quantitative estimate of drug-likeness (QED) is 0.734. The second kappa shape index (κ2) is 4.96. The number of carbonyl (C=O) groups is 1. The molecule has 1 aromatic rings. The molecule has 1 aliphatic rings. The van der Waals surface area contributed by atoms with E-state index in [-0.39, 0.29) is 17.7 Å². The van der Waals surface area contributed by atoms with Gasteiger partial charge >= 0.3 is 0 Å². The van der Waals surface area contributed by atoms with Crippen molar-refractivity contribution in [1.29, 1.82) is 0 Å². The molecule has 1 aliphatic carbocycles. The van der Waals surface area contributed by atoms with Crippen LogP contribution in [0.2, 0.25) is 0 Å². The van der Waals surface area contributed by atoms with Crippen LogP contribution in [-0.2, 0) is 4.74 Å². The van der Waals surface area contributed by atoms with E-state index in [1.54, 1.807) is 19.1 Å². The molecule has 0 radical (unpaired) electrons. The second-order valence-corrected chi connectivity index (χ2v) is 4.54. The number of aryl methyl sites for hydroxylation is 1. The van der Waals surface area contributed by atoms with E-state index in [1.807, 2.05) is 6.92 Å². The lowest BCUT2D eigenvalue weighted by atomic mass is 10.0. The van der Waals surface area contributed by atoms with Gasteiger partial charge in [-0.2, -0.15) is 0 Å². The van der Waals surface area contributed by atoms with Gasteiger partial charge in [-0.3, -0.25) is 4.79 Å². The summed E-state index contributed by atoms with van der Waals surface area (Å²) in [6, 6.07) is 4.49. The summed E-state index contributed by atoms with van der Waals surface area (Å²) in [5.41, 5.74) is 1.05. The summed E-state index contributed by atoms with van der Waals surface area (Å²) < 4.78 is 18.6. The summed E-state index contributed by atoms with van der Waals surface area (Å²) in [6.07, 6.45) is 1.76. The minimum atomic E-state index is -0.343. The molecule has 0 spiro atoms. The van der Waals surface area contributed by atoms with Gasteiger partial charge in [0.1, 0.15) is 11.9 Å². The van der Waals surface area contributed by atoms with Crippen LogP contribution in [0.25, 0.3) is 0 Å². The van der Waals surface area contributed by atoms with E-state index in [1.165, 1.54) is 6.07 Å². The summed E-state index contributed by atoms with van der Waals surface area (Å²) in [4.78, 5) is 12.2. The first-order valence-electron chi connectivity index (χ1n) is 6.05. The Bertz CT molecular complexity index is 424. The minimum absolute atomic E-state index is 0.0162. The number of carbonyl (C=O) groups excluding carboxylic acids is 1. The van der Waals surface area contributed by atoms with Gasteiger partial charge in [0.2, 0.25) is 0 Å². The average molecular weight is 236 g/mol. The standard InChI is InChI=1S/C14H17FO2/c1-3-17-14(10-4-5-10)13(16)11-6-7-12(15)9(2)8-11/h6-8,10,14H,3-5H2,1-2H3. The van der Waals surface area contributed by atoms with Crippen LogP contribution >= 0.6 is 0 Å². The minimum Gasteiger partial charge on any atom is -0.370 e. The zero-order valence-corrected chi connectivity index (χ0v) is 10.2. The van der Waals surface area contributed by atoms with Crippen molar-refractivity contribution in [2.45, 2.75) is 32.8 Å². The fourth-order valence-corrected chi connectivity index (χ4v) is 1.97. The number of hydrogen-bond acceptors (Lipinski definition) is 2. The molecule has 0 N–H and O–H groups in total. The first-order chi connectivity index (χ1) is 8.13. The Morgan fingerprint density at radius 1 is 1.53 bits per heavy atom. The third kappa shape index (κ3) is 2.72. The molecule has 1 saturated carbocycles. The Morgan fingerprint density at radius 3 is 2.76 bits per heavy atom. The summed E-state index contributed by atoms with van der Waals surface area (Å²) in [6.45, 7) is 4.09. The van der Waals surface area contributed by atoms with Crippen molar-refractivity contribution in [3.05, 3.63) is 35.1 Å². The van der Waals surface area contributed by atoms with E-state index in [0.29, 0.717) is 23.7 Å². The highest BCUT2D eigenvalue weighted by atomic mass is 19.1. The molecule has 0 amide bonds. The highest BCUT2D eigenvalue weighted by molar-refractivity contribution is 6.00. The van der Waals surface area contributed by atoms with Gasteiger partial charge < -0.3 is 4.74 Å². The van der Waals surface area contributed by atoms with Crippen molar-refractivity contribution in [3.63, 3.8) is 0 Å². The third-order valence-corrected chi connectivity index (χ3v) is 3.10. The first-order valence-corrected chi connectivity index (χ1v) is 6.05. The van der Waals surface area contributed by atoms with Gasteiger partial charge in [-0.1, -0.05) is 0 Å². The van der Waals surface area contributed by atoms with Crippen molar-refractivity contribution < 1.29 is 13.9 Å². The fourth-order valence-electron chi connectivity index (χ4n) is 1.97. The van der Waals surface area contributed by atoms with Crippen LogP contribution in [0, 0.1) is 18.7 Å². The first kappa shape index (κ1) is 12.2. The van der Waals surface area contributed by atoms with Crippen LogP contribution in [-0.4, -0.2) is 18.5 Å². The van der Waals surface area contributed by atoms with E-state index in [9.17, 15) is 9.18 Å². The zero-order valence-electron chi connectivity index (χ0n) is 10.2. The molecule has 1 unspecified atom stereocenters. The molecule has 17 heavy (non-hydrogen) atoms. The number of Topliss-reactive ketones (excluding diaryl/α,β-unsaturated/α-hetero) is 1. The highest BCUT2D eigenvalue weighted by Crippen LogP contribution is 2.36. The average Bonchev–Trinajstić information content (AvgIpc) is 3.13. The Labute approximate surface area is 101 Å². The Hall–Kier alpha value is -1.22. The largest absolute Gasteiger partial charge is 0.370 e. The summed E-state index contributed by atoms with van der Waals surface area (Å²) >= 11 is 0. The fraction of sp³-hybridized carbons (Fsp3) is 0.500. The Balaban J connectivity index is 2.19. The molecule has 0 bridgehead atoms. The van der Waals surface area contributed by atoms with Crippen LogP contribution in [0.1, 0.15) is 35.7 Å². The van der Waals surface area contributed by atoms with Crippen LogP contribution in [0.15, 0.2) is 18.2 Å². The normalized spacial score (nSPS) is 16.9. The van der Waals surface area contributed by atoms with Crippen LogP contribution in [0.3, 0.4) is 0 Å². The lowest BCUT2D eigenvalue weighted by molar-refractivity contribution is 0.0374. The number of hydrogen-bond donors (Lipinski definition) is 0. The number of halogens is 1. The number of ether oxygens (including phenoxy) is 1. The predicted octanol–water partition coefficient (Wildman–Crippen LogP) is 3.13. The van der Waals surface area contributed by atoms with Gasteiger partial charge in [-0.25, -0.2) is 4.39 Å². The van der Waals surface area contributed by atoms with Gasteiger partial charge in [0.25, 0.3) is 0 Å². The van der Waals surface area contributed by atoms with Crippen molar-refractivity contribution in [3.8, 4) is 0 Å². The van der Waals surface area contributed by atoms with Gasteiger partial charge in [-0.05, 0) is 56.4 Å². The number of rotatable bonds is 5. The maximum absolute atomic E-state index is 13.1. The molecule has 2 nitrogen and oxygen atoms in total. The van der Waals surface area contributed by atoms with Crippen LogP contribution in [0.4, 0.5) is 4.39 Å². The second-order valence-electron chi connectivity index (χ2n) is 4.54. The molecule has 1 atom stereocenters. The molecule has 0 heterocycles. The molecule has 0 aromatic heterocycles. The lowest BCUT2D eigenvalue weighted by Gasteiger charge is -2.15. The van der Waals surface area contributed by atoms with E-state index >= 15 is 0 Å². The Kier molecular flexibility index (Phi) is 3.57. The summed E-state index contributed by atoms with van der Waals surface area (Å²) in [7, 11) is 0. The molecular formula is C14H17FO2. The molecule has 0 saturated heterocycles. The maximum atomic E-state index is 13.1. The third-order valence-electron chi connectivity index (χ3n) is 3.10. The van der Waals surface area contributed by atoms with E-state index in [4.69, 9.17) is 4.74 Å². The van der Waals surface area contributed by atoms with Crippen molar-refractivity contribution >= 4 is 5.78 Å². The summed E-state index contributed by atoms with van der Waals surface area (Å²) in [5, 5.41) is 0. The van der Waals surface area contributed by atoms with E-state index in [0.717, 1.165) is 12.8 Å². The maximum Gasteiger partial charge on any atom is 0.191 e. The van der Waals surface area contributed by atoms with Gasteiger partial charge in [0.15, 0.2) is 5.78 Å². The van der Waals surface area contributed by atoms with Crippen LogP contribution in [0.5, 0.6) is 0 Å². The molecule has 0 aliphatic heterocycles. The SMILES string of the molecule is CCOC(C(=O)c1ccc(F)c(C)c1)C1CC1. The van der Waals surface area contributed by atoms with Crippen LogP contribution < -0.4 is 0 Å². The monoisotopic (exact) mass is 236 g/mol. The number of benzene rings is 1. The molecule has 3 heteroatoms. The molecular weight excluding hydrogens is 219 g/mol. The predicted molar refractivity (Wildman–Crippen MR) is 63.6 cm³/mol.